The minimum absolute atomic E-state index is 0.0904. The van der Waals surface area contributed by atoms with Crippen molar-refractivity contribution in [2.24, 2.45) is 5.14 Å². The van der Waals surface area contributed by atoms with E-state index in [9.17, 15) is 21.6 Å². The Hall–Kier alpha value is -2.69. The lowest BCUT2D eigenvalue weighted by Crippen LogP contribution is -2.13. The number of alkyl halides is 3. The summed E-state index contributed by atoms with van der Waals surface area (Å²) in [5, 5.41) is 10.2. The van der Waals surface area contributed by atoms with Gasteiger partial charge in [-0.3, -0.25) is 0 Å². The minimum atomic E-state index is -4.39. The first-order valence-corrected chi connectivity index (χ1v) is 10.7. The second kappa shape index (κ2) is 6.97. The van der Waals surface area contributed by atoms with Gasteiger partial charge in [-0.1, -0.05) is 18.2 Å². The third-order valence-corrected chi connectivity index (χ3v) is 6.30. The molecular weight excluding hydrogens is 423 g/mol. The van der Waals surface area contributed by atoms with Crippen LogP contribution in [0.15, 0.2) is 65.6 Å². The molecule has 4 rings (SSSR count). The Bertz CT molecular complexity index is 1260. The lowest BCUT2D eigenvalue weighted by Gasteiger charge is -2.07. The Morgan fingerprint density at radius 3 is 2.34 bits per heavy atom. The molecule has 2 aromatic carbocycles. The number of nitrogens with two attached hydrogens (primary N) is 1. The number of primary sulfonamides is 1. The first-order valence-electron chi connectivity index (χ1n) is 8.38. The Morgan fingerprint density at radius 1 is 1.03 bits per heavy atom. The van der Waals surface area contributed by atoms with Crippen LogP contribution in [0.1, 0.15) is 5.69 Å². The molecule has 2 aromatic heterocycles. The number of hydrogen-bond donors (Lipinski definition) is 1. The molecule has 2 N–H and O–H groups in total. The van der Waals surface area contributed by atoms with Crippen LogP contribution < -0.4 is 5.14 Å². The van der Waals surface area contributed by atoms with Crippen molar-refractivity contribution >= 4 is 31.4 Å². The Kier molecular flexibility index (Phi) is 4.72. The standard InChI is InChI=1S/C19H14F3N3O2S2/c20-19(21,22)11-13-10-16(18-9-12-3-1-2-4-17(12)28-18)25(24-13)14-5-7-15(8-6-14)29(23,26)27/h1-10H,11H2,(H2,23,26,27). The molecular formula is C19H14F3N3O2S2. The molecule has 0 aliphatic carbocycles. The van der Waals surface area contributed by atoms with Crippen LogP contribution in [0.25, 0.3) is 26.3 Å². The van der Waals surface area contributed by atoms with Crippen LogP contribution in [0.2, 0.25) is 0 Å². The lowest BCUT2D eigenvalue weighted by atomic mass is 10.2. The number of halogens is 3. The topological polar surface area (TPSA) is 78.0 Å². The van der Waals surface area contributed by atoms with E-state index in [1.54, 1.807) is 0 Å². The van der Waals surface area contributed by atoms with E-state index >= 15 is 0 Å². The maximum absolute atomic E-state index is 12.9. The second-order valence-corrected chi connectivity index (χ2v) is 9.06. The van der Waals surface area contributed by atoms with E-state index in [1.807, 2.05) is 30.3 Å². The minimum Gasteiger partial charge on any atom is -0.232 e. The molecule has 2 heterocycles. The molecule has 150 valence electrons. The summed E-state index contributed by atoms with van der Waals surface area (Å²) in [5.74, 6) is 0. The Labute approximate surface area is 168 Å². The van der Waals surface area contributed by atoms with Crippen LogP contribution in [0.3, 0.4) is 0 Å². The normalized spacial score (nSPS) is 12.6. The highest BCUT2D eigenvalue weighted by Gasteiger charge is 2.30. The third kappa shape index (κ3) is 4.19. The number of rotatable bonds is 4. The quantitative estimate of drug-likeness (QED) is 0.510. The monoisotopic (exact) mass is 437 g/mol. The number of fused-ring (bicyclic) bond motifs is 1. The molecule has 29 heavy (non-hydrogen) atoms. The average molecular weight is 437 g/mol. The molecule has 0 amide bonds. The fourth-order valence-electron chi connectivity index (χ4n) is 2.98. The fraction of sp³-hybridized carbons (Fsp3) is 0.105. The Morgan fingerprint density at radius 2 is 1.72 bits per heavy atom. The Balaban J connectivity index is 1.85. The first-order chi connectivity index (χ1) is 13.6. The highest BCUT2D eigenvalue weighted by molar-refractivity contribution is 7.89. The van der Waals surface area contributed by atoms with Crippen LogP contribution in [-0.4, -0.2) is 24.4 Å². The summed E-state index contributed by atoms with van der Waals surface area (Å²) in [5.41, 5.74) is 0.799. The number of thiophene rings is 1. The lowest BCUT2D eigenvalue weighted by molar-refractivity contribution is -0.127. The zero-order chi connectivity index (χ0) is 20.8. The molecule has 0 atom stereocenters. The second-order valence-electron chi connectivity index (χ2n) is 6.41. The third-order valence-electron chi connectivity index (χ3n) is 4.23. The smallest absolute Gasteiger partial charge is 0.232 e. The molecule has 0 saturated carbocycles. The van der Waals surface area contributed by atoms with Gasteiger partial charge in [0.1, 0.15) is 0 Å². The van der Waals surface area contributed by atoms with Crippen molar-refractivity contribution in [2.75, 3.05) is 0 Å². The molecule has 0 unspecified atom stereocenters. The van der Waals surface area contributed by atoms with Crippen LogP contribution in [-0.2, 0) is 16.4 Å². The zero-order valence-electron chi connectivity index (χ0n) is 14.7. The molecule has 4 aromatic rings. The molecule has 10 heteroatoms. The van der Waals surface area contributed by atoms with Gasteiger partial charge in [0.15, 0.2) is 0 Å². The van der Waals surface area contributed by atoms with Gasteiger partial charge in [0, 0.05) is 4.70 Å². The maximum atomic E-state index is 12.9. The summed E-state index contributed by atoms with van der Waals surface area (Å²) in [7, 11) is -3.88. The summed E-state index contributed by atoms with van der Waals surface area (Å²) >= 11 is 1.44. The van der Waals surface area contributed by atoms with Crippen molar-refractivity contribution in [2.45, 2.75) is 17.5 Å². The SMILES string of the molecule is NS(=O)(=O)c1ccc(-n2nc(CC(F)(F)F)cc2-c2cc3ccccc3s2)cc1. The van der Waals surface area contributed by atoms with Crippen molar-refractivity contribution in [3.8, 4) is 16.3 Å². The van der Waals surface area contributed by atoms with Crippen LogP contribution >= 0.6 is 11.3 Å². The van der Waals surface area contributed by atoms with E-state index in [1.165, 1.54) is 46.4 Å². The molecule has 0 aliphatic rings. The van der Waals surface area contributed by atoms with Crippen molar-refractivity contribution < 1.29 is 21.6 Å². The van der Waals surface area contributed by atoms with E-state index in [2.05, 4.69) is 5.10 Å². The van der Waals surface area contributed by atoms with Gasteiger partial charge in [-0.2, -0.15) is 18.3 Å². The maximum Gasteiger partial charge on any atom is 0.394 e. The molecule has 0 bridgehead atoms. The molecule has 0 radical (unpaired) electrons. The van der Waals surface area contributed by atoms with Crippen LogP contribution in [0, 0.1) is 0 Å². The van der Waals surface area contributed by atoms with E-state index in [0.717, 1.165) is 15.0 Å². The molecule has 0 spiro atoms. The summed E-state index contributed by atoms with van der Waals surface area (Å²) < 4.78 is 64.0. The summed E-state index contributed by atoms with van der Waals surface area (Å²) in [6.45, 7) is 0. The average Bonchev–Trinajstić information content (AvgIpc) is 3.23. The largest absolute Gasteiger partial charge is 0.394 e. The molecule has 0 saturated heterocycles. The summed E-state index contributed by atoms with van der Waals surface area (Å²) in [6, 6.07) is 16.4. The zero-order valence-corrected chi connectivity index (χ0v) is 16.4. The molecule has 0 fully saturated rings. The van der Waals surface area contributed by atoms with Gasteiger partial charge < -0.3 is 0 Å². The van der Waals surface area contributed by atoms with Gasteiger partial charge in [0.05, 0.1) is 33.3 Å². The van der Waals surface area contributed by atoms with Crippen LogP contribution in [0.4, 0.5) is 13.2 Å². The van der Waals surface area contributed by atoms with Crippen molar-refractivity contribution in [1.82, 2.24) is 9.78 Å². The van der Waals surface area contributed by atoms with E-state index in [0.29, 0.717) is 11.4 Å². The van der Waals surface area contributed by atoms with Gasteiger partial charge in [0.25, 0.3) is 0 Å². The molecule has 0 aliphatic heterocycles. The highest BCUT2D eigenvalue weighted by atomic mass is 32.2. The predicted octanol–water partition coefficient (Wildman–Crippen LogP) is 4.51. The van der Waals surface area contributed by atoms with E-state index in [4.69, 9.17) is 5.14 Å². The number of benzene rings is 2. The van der Waals surface area contributed by atoms with Crippen molar-refractivity contribution in [3.63, 3.8) is 0 Å². The van der Waals surface area contributed by atoms with E-state index < -0.39 is 22.6 Å². The highest BCUT2D eigenvalue weighted by Crippen LogP contribution is 2.35. The van der Waals surface area contributed by atoms with Gasteiger partial charge in [0.2, 0.25) is 10.0 Å². The number of sulfonamides is 1. The summed E-state index contributed by atoms with van der Waals surface area (Å²) in [6.07, 6.45) is -5.55. The molecule has 5 nitrogen and oxygen atoms in total. The number of nitrogens with zero attached hydrogens (tertiary/aromatic N) is 2. The number of aromatic nitrogens is 2. The van der Waals surface area contributed by atoms with Gasteiger partial charge in [-0.25, -0.2) is 18.2 Å². The summed E-state index contributed by atoms with van der Waals surface area (Å²) in [4.78, 5) is 0.662. The van der Waals surface area contributed by atoms with Crippen LogP contribution in [0.5, 0.6) is 0 Å². The van der Waals surface area contributed by atoms with Gasteiger partial charge in [-0.15, -0.1) is 11.3 Å². The predicted molar refractivity (Wildman–Crippen MR) is 106 cm³/mol. The van der Waals surface area contributed by atoms with Gasteiger partial charge in [-0.05, 0) is 47.9 Å². The van der Waals surface area contributed by atoms with E-state index in [-0.39, 0.29) is 10.6 Å². The van der Waals surface area contributed by atoms with Crippen molar-refractivity contribution in [1.29, 1.82) is 0 Å². The number of hydrogen-bond acceptors (Lipinski definition) is 4. The fourth-order valence-corrected chi connectivity index (χ4v) is 4.56. The van der Waals surface area contributed by atoms with Gasteiger partial charge >= 0.3 is 6.18 Å². The van der Waals surface area contributed by atoms with Crippen molar-refractivity contribution in [3.05, 3.63) is 66.4 Å². The first kappa shape index (κ1) is 19.6.